The molecule has 0 radical (unpaired) electrons. The molecule has 1 aromatic carbocycles. The molecule has 3 aromatic heterocycles. The van der Waals surface area contributed by atoms with E-state index >= 15 is 0 Å². The number of rotatable bonds is 5. The smallest absolute Gasteiger partial charge is 0.343 e. The number of nitrogens with one attached hydrogen (secondary N) is 1. The van der Waals surface area contributed by atoms with Gasteiger partial charge in [0.1, 0.15) is 11.3 Å². The lowest BCUT2D eigenvalue weighted by Gasteiger charge is -2.09. The molecule has 0 atom stereocenters. The van der Waals surface area contributed by atoms with E-state index in [2.05, 4.69) is 36.4 Å². The van der Waals surface area contributed by atoms with Gasteiger partial charge in [0.15, 0.2) is 5.65 Å². The van der Waals surface area contributed by atoms with Crippen molar-refractivity contribution in [2.45, 2.75) is 6.92 Å². The lowest BCUT2D eigenvalue weighted by atomic mass is 10.1. The van der Waals surface area contributed by atoms with E-state index in [4.69, 9.17) is 4.74 Å². The van der Waals surface area contributed by atoms with Gasteiger partial charge in [-0.3, -0.25) is 9.48 Å². The molecule has 0 saturated carbocycles. The van der Waals surface area contributed by atoms with Crippen molar-refractivity contribution in [2.24, 2.45) is 7.05 Å². The Balaban J connectivity index is 1.68. The maximum absolute atomic E-state index is 12.6. The Morgan fingerprint density at radius 2 is 2.03 bits per heavy atom. The van der Waals surface area contributed by atoms with Gasteiger partial charge in [-0.1, -0.05) is 12.1 Å². The minimum absolute atomic E-state index is 0.268. The monoisotopic (exact) mass is 468 g/mol. The summed E-state index contributed by atoms with van der Waals surface area (Å²) >= 11 is 3.33. The number of ether oxygens (including phenoxy) is 1. The molecule has 3 heterocycles. The highest BCUT2D eigenvalue weighted by atomic mass is 79.9. The summed E-state index contributed by atoms with van der Waals surface area (Å²) in [5.74, 6) is -0.762. The van der Waals surface area contributed by atoms with Gasteiger partial charge in [0.05, 0.1) is 29.2 Å². The van der Waals surface area contributed by atoms with Crippen LogP contribution in [0.4, 0.5) is 5.69 Å². The Bertz CT molecular complexity index is 1240. The van der Waals surface area contributed by atoms with Crippen molar-refractivity contribution < 1.29 is 14.3 Å². The fourth-order valence-corrected chi connectivity index (χ4v) is 3.60. The van der Waals surface area contributed by atoms with Crippen LogP contribution >= 0.6 is 15.9 Å². The number of benzene rings is 1. The number of hydrogen-bond acceptors (Lipinski definition) is 6. The van der Waals surface area contributed by atoms with Crippen LogP contribution in [-0.2, 0) is 11.8 Å². The van der Waals surface area contributed by atoms with Gasteiger partial charge >= 0.3 is 5.97 Å². The van der Waals surface area contributed by atoms with Gasteiger partial charge in [-0.2, -0.15) is 10.2 Å². The normalized spacial score (nSPS) is 10.9. The van der Waals surface area contributed by atoms with E-state index in [9.17, 15) is 9.59 Å². The molecule has 0 fully saturated rings. The molecular formula is C20H17BrN6O3. The van der Waals surface area contributed by atoms with E-state index in [1.807, 2.05) is 18.2 Å². The molecule has 0 bridgehead atoms. The molecular weight excluding hydrogens is 452 g/mol. The van der Waals surface area contributed by atoms with E-state index < -0.39 is 5.97 Å². The van der Waals surface area contributed by atoms with Gasteiger partial charge in [0, 0.05) is 24.5 Å². The molecule has 0 aliphatic heterocycles. The van der Waals surface area contributed by atoms with Crippen LogP contribution in [0.3, 0.4) is 0 Å². The third-order valence-corrected chi connectivity index (χ3v) is 5.00. The van der Waals surface area contributed by atoms with Gasteiger partial charge in [0.2, 0.25) is 0 Å². The van der Waals surface area contributed by atoms with E-state index in [-0.39, 0.29) is 12.5 Å². The predicted octanol–water partition coefficient (Wildman–Crippen LogP) is 3.32. The summed E-state index contributed by atoms with van der Waals surface area (Å²) in [7, 11) is 1.70. The summed E-state index contributed by atoms with van der Waals surface area (Å²) in [6.45, 7) is 2.01. The SMILES string of the molecule is CCOC(=O)c1cnn2c(-c3cccc(NC(=O)c4c(Br)cnn4C)c3)ccnc12. The zero-order valence-electron chi connectivity index (χ0n) is 16.2. The molecule has 10 heteroatoms. The highest BCUT2D eigenvalue weighted by molar-refractivity contribution is 9.10. The van der Waals surface area contributed by atoms with Crippen LogP contribution < -0.4 is 5.32 Å². The maximum Gasteiger partial charge on any atom is 0.343 e. The van der Waals surface area contributed by atoms with Crippen molar-refractivity contribution in [3.8, 4) is 11.3 Å². The third-order valence-electron chi connectivity index (χ3n) is 4.42. The highest BCUT2D eigenvalue weighted by Crippen LogP contribution is 2.25. The highest BCUT2D eigenvalue weighted by Gasteiger charge is 2.18. The zero-order valence-corrected chi connectivity index (χ0v) is 17.8. The first-order valence-corrected chi connectivity index (χ1v) is 9.88. The summed E-state index contributed by atoms with van der Waals surface area (Å²) in [6, 6.07) is 9.11. The van der Waals surface area contributed by atoms with E-state index in [0.29, 0.717) is 32.8 Å². The Morgan fingerprint density at radius 1 is 1.20 bits per heavy atom. The number of carbonyl (C=O) groups is 2. The van der Waals surface area contributed by atoms with Crippen LogP contribution in [0.5, 0.6) is 0 Å². The molecule has 0 spiro atoms. The molecule has 0 aliphatic rings. The van der Waals surface area contributed by atoms with Gasteiger partial charge < -0.3 is 10.1 Å². The lowest BCUT2D eigenvalue weighted by Crippen LogP contribution is -2.16. The first-order chi connectivity index (χ1) is 14.5. The molecule has 0 aliphatic carbocycles. The van der Waals surface area contributed by atoms with Gasteiger partial charge in [0.25, 0.3) is 5.91 Å². The van der Waals surface area contributed by atoms with Crippen LogP contribution in [0.15, 0.2) is 53.4 Å². The number of nitrogens with zero attached hydrogens (tertiary/aromatic N) is 5. The minimum Gasteiger partial charge on any atom is -0.462 e. The average Bonchev–Trinajstić information content (AvgIpc) is 3.31. The van der Waals surface area contributed by atoms with Crippen molar-refractivity contribution in [2.75, 3.05) is 11.9 Å². The van der Waals surface area contributed by atoms with Gasteiger partial charge in [-0.05, 0) is 41.1 Å². The Labute approximate surface area is 179 Å². The van der Waals surface area contributed by atoms with Crippen LogP contribution in [-0.4, -0.2) is 42.9 Å². The first-order valence-electron chi connectivity index (χ1n) is 9.08. The number of hydrogen-bond donors (Lipinski definition) is 1. The van der Waals surface area contributed by atoms with Crippen LogP contribution in [0.2, 0.25) is 0 Å². The maximum atomic E-state index is 12.6. The summed E-state index contributed by atoms with van der Waals surface area (Å²) in [6.07, 6.45) is 4.61. The van der Waals surface area contributed by atoms with Gasteiger partial charge in [-0.25, -0.2) is 14.3 Å². The van der Waals surface area contributed by atoms with Crippen LogP contribution in [0.25, 0.3) is 16.9 Å². The lowest BCUT2D eigenvalue weighted by molar-refractivity contribution is 0.0528. The number of esters is 1. The quantitative estimate of drug-likeness (QED) is 0.450. The summed E-state index contributed by atoms with van der Waals surface area (Å²) in [4.78, 5) is 29.0. The molecule has 4 aromatic rings. The van der Waals surface area contributed by atoms with Crippen molar-refractivity contribution in [1.29, 1.82) is 0 Å². The second-order valence-electron chi connectivity index (χ2n) is 6.34. The van der Waals surface area contributed by atoms with Crippen molar-refractivity contribution in [1.82, 2.24) is 24.4 Å². The fourth-order valence-electron chi connectivity index (χ4n) is 3.08. The van der Waals surface area contributed by atoms with E-state index in [1.165, 1.54) is 10.9 Å². The average molecular weight is 469 g/mol. The molecule has 0 saturated heterocycles. The standard InChI is InChI=1S/C20H17BrN6O3/c1-3-30-20(29)14-10-24-27-16(7-8-22-18(14)27)12-5-4-6-13(9-12)25-19(28)17-15(21)11-23-26(17)2/h4-11H,3H2,1-2H3,(H,25,28). The van der Waals surface area contributed by atoms with Crippen molar-refractivity contribution >= 4 is 39.1 Å². The zero-order chi connectivity index (χ0) is 21.3. The number of fused-ring (bicyclic) bond motifs is 1. The summed E-state index contributed by atoms with van der Waals surface area (Å²) in [5.41, 5.74) is 3.23. The second-order valence-corrected chi connectivity index (χ2v) is 7.20. The third kappa shape index (κ3) is 3.57. The number of halogens is 1. The Morgan fingerprint density at radius 3 is 2.77 bits per heavy atom. The molecule has 0 unspecified atom stereocenters. The molecule has 152 valence electrons. The second kappa shape index (κ2) is 8.07. The van der Waals surface area contributed by atoms with Crippen molar-refractivity contribution in [3.05, 3.63) is 64.7 Å². The van der Waals surface area contributed by atoms with Crippen LogP contribution in [0, 0.1) is 0 Å². The predicted molar refractivity (Wildman–Crippen MR) is 113 cm³/mol. The molecule has 4 rings (SSSR count). The molecule has 1 N–H and O–H groups in total. The van der Waals surface area contributed by atoms with E-state index in [1.54, 1.807) is 43.0 Å². The van der Waals surface area contributed by atoms with Crippen molar-refractivity contribution in [3.63, 3.8) is 0 Å². The largest absolute Gasteiger partial charge is 0.462 e. The summed E-state index contributed by atoms with van der Waals surface area (Å²) < 4.78 is 8.75. The number of aryl methyl sites for hydroxylation is 1. The molecule has 1 amide bonds. The number of aromatic nitrogens is 5. The summed E-state index contributed by atoms with van der Waals surface area (Å²) in [5, 5.41) is 11.2. The topological polar surface area (TPSA) is 103 Å². The molecule has 30 heavy (non-hydrogen) atoms. The van der Waals surface area contributed by atoms with Crippen LogP contribution in [0.1, 0.15) is 27.8 Å². The number of carbonyl (C=O) groups excluding carboxylic acids is 2. The number of anilines is 1. The molecule has 9 nitrogen and oxygen atoms in total. The fraction of sp³-hybridized carbons (Fsp3) is 0.150. The first kappa shape index (κ1) is 19.8. The van der Waals surface area contributed by atoms with E-state index in [0.717, 1.165) is 5.56 Å². The Kier molecular flexibility index (Phi) is 5.32. The van der Waals surface area contributed by atoms with Gasteiger partial charge in [-0.15, -0.1) is 0 Å². The minimum atomic E-state index is -0.472. The Hall–Kier alpha value is -3.53. The number of amides is 1.